The van der Waals surface area contributed by atoms with Crippen LogP contribution in [0.5, 0.6) is 5.75 Å². The molecule has 1 heterocycles. The van der Waals surface area contributed by atoms with E-state index in [0.29, 0.717) is 5.01 Å². The summed E-state index contributed by atoms with van der Waals surface area (Å²) in [7, 11) is 1.58. The van der Waals surface area contributed by atoms with Gasteiger partial charge in [-0.15, -0.1) is 11.3 Å². The van der Waals surface area contributed by atoms with Crippen LogP contribution in [0.1, 0.15) is 10.5 Å². The van der Waals surface area contributed by atoms with E-state index < -0.39 is 17.5 Å². The van der Waals surface area contributed by atoms with Crippen LogP contribution in [0.15, 0.2) is 47.8 Å². The maximum atomic E-state index is 13.6. The molecule has 1 amide bonds. The van der Waals surface area contributed by atoms with Gasteiger partial charge < -0.3 is 10.1 Å². The molecule has 0 unspecified atom stereocenters. The number of ether oxygens (including phenoxy) is 1. The van der Waals surface area contributed by atoms with Crippen molar-refractivity contribution in [1.29, 1.82) is 0 Å². The number of methoxy groups -OCH3 is 1. The lowest BCUT2D eigenvalue weighted by molar-refractivity contribution is 0.102. The van der Waals surface area contributed by atoms with Crippen LogP contribution in [0.4, 0.5) is 14.5 Å². The van der Waals surface area contributed by atoms with Gasteiger partial charge in [0.2, 0.25) is 0 Å². The molecular formula is C17H12F2N2O2S. The predicted octanol–water partition coefficient (Wildman–Crippen LogP) is 4.35. The molecule has 0 aliphatic heterocycles. The molecule has 0 aliphatic rings. The molecule has 1 N–H and O–H groups in total. The van der Waals surface area contributed by atoms with Crippen LogP contribution in [0.3, 0.4) is 0 Å². The third-order valence-corrected chi connectivity index (χ3v) is 4.14. The van der Waals surface area contributed by atoms with Crippen molar-refractivity contribution >= 4 is 22.9 Å². The lowest BCUT2D eigenvalue weighted by Crippen LogP contribution is -2.13. The van der Waals surface area contributed by atoms with E-state index in [1.807, 2.05) is 12.1 Å². The van der Waals surface area contributed by atoms with Gasteiger partial charge in [0.1, 0.15) is 28.1 Å². The van der Waals surface area contributed by atoms with Gasteiger partial charge >= 0.3 is 0 Å². The normalized spacial score (nSPS) is 10.5. The number of hydrogen-bond donors (Lipinski definition) is 1. The van der Waals surface area contributed by atoms with Crippen LogP contribution in [0.2, 0.25) is 0 Å². The smallest absolute Gasteiger partial charge is 0.275 e. The highest BCUT2D eigenvalue weighted by Crippen LogP contribution is 2.26. The van der Waals surface area contributed by atoms with Crippen molar-refractivity contribution in [1.82, 2.24) is 4.98 Å². The second kappa shape index (κ2) is 6.76. The summed E-state index contributed by atoms with van der Waals surface area (Å²) in [5.41, 5.74) is 0.741. The first kappa shape index (κ1) is 16.1. The summed E-state index contributed by atoms with van der Waals surface area (Å²) in [5, 5.41) is 4.52. The van der Waals surface area contributed by atoms with Crippen molar-refractivity contribution in [2.75, 3.05) is 12.4 Å². The number of nitrogens with one attached hydrogen (secondary N) is 1. The number of rotatable bonds is 4. The largest absolute Gasteiger partial charge is 0.497 e. The molecule has 3 aromatic rings. The SMILES string of the molecule is COc1ccc(-c2nc(C(=O)Nc3cc(F)ccc3F)cs2)cc1. The first-order chi connectivity index (χ1) is 11.6. The molecule has 1 aromatic heterocycles. The lowest BCUT2D eigenvalue weighted by Gasteiger charge is -2.04. The Labute approximate surface area is 140 Å². The highest BCUT2D eigenvalue weighted by molar-refractivity contribution is 7.13. The molecule has 2 aromatic carbocycles. The zero-order chi connectivity index (χ0) is 17.1. The van der Waals surface area contributed by atoms with Crippen LogP contribution >= 0.6 is 11.3 Å². The monoisotopic (exact) mass is 346 g/mol. The fraction of sp³-hybridized carbons (Fsp3) is 0.0588. The number of hydrogen-bond acceptors (Lipinski definition) is 4. The summed E-state index contributed by atoms with van der Waals surface area (Å²) in [6.45, 7) is 0. The zero-order valence-electron chi connectivity index (χ0n) is 12.5. The summed E-state index contributed by atoms with van der Waals surface area (Å²) in [5.74, 6) is -1.23. The highest BCUT2D eigenvalue weighted by atomic mass is 32.1. The van der Waals surface area contributed by atoms with Gasteiger partial charge in [0.05, 0.1) is 12.8 Å². The molecular weight excluding hydrogens is 334 g/mol. The van der Waals surface area contributed by atoms with Crippen molar-refractivity contribution in [2.24, 2.45) is 0 Å². The van der Waals surface area contributed by atoms with Crippen molar-refractivity contribution in [2.45, 2.75) is 0 Å². The van der Waals surface area contributed by atoms with Crippen molar-refractivity contribution in [3.05, 3.63) is 65.2 Å². The predicted molar refractivity (Wildman–Crippen MR) is 88.4 cm³/mol. The lowest BCUT2D eigenvalue weighted by atomic mass is 10.2. The van der Waals surface area contributed by atoms with E-state index in [1.165, 1.54) is 11.3 Å². The van der Waals surface area contributed by atoms with Gasteiger partial charge in [-0.25, -0.2) is 13.8 Å². The summed E-state index contributed by atoms with van der Waals surface area (Å²) in [6, 6.07) is 10.1. The van der Waals surface area contributed by atoms with Crippen LogP contribution in [0, 0.1) is 11.6 Å². The van der Waals surface area contributed by atoms with Gasteiger partial charge in [-0.1, -0.05) is 0 Å². The highest BCUT2D eigenvalue weighted by Gasteiger charge is 2.14. The average Bonchev–Trinajstić information content (AvgIpc) is 3.08. The van der Waals surface area contributed by atoms with E-state index >= 15 is 0 Å². The molecule has 122 valence electrons. The minimum Gasteiger partial charge on any atom is -0.497 e. The fourth-order valence-corrected chi connectivity index (χ4v) is 2.83. The quantitative estimate of drug-likeness (QED) is 0.764. The van der Waals surface area contributed by atoms with Crippen molar-refractivity contribution in [3.8, 4) is 16.3 Å². The van der Waals surface area contributed by atoms with Gasteiger partial charge in [-0.05, 0) is 36.4 Å². The first-order valence-electron chi connectivity index (χ1n) is 6.93. The molecule has 24 heavy (non-hydrogen) atoms. The molecule has 0 aliphatic carbocycles. The maximum Gasteiger partial charge on any atom is 0.275 e. The Morgan fingerprint density at radius 1 is 1.17 bits per heavy atom. The number of benzene rings is 2. The number of nitrogens with zero attached hydrogens (tertiary/aromatic N) is 1. The summed E-state index contributed by atoms with van der Waals surface area (Å²) in [6.07, 6.45) is 0. The van der Waals surface area contributed by atoms with E-state index in [2.05, 4.69) is 10.3 Å². The van der Waals surface area contributed by atoms with Gasteiger partial charge in [-0.3, -0.25) is 4.79 Å². The molecule has 0 saturated carbocycles. The zero-order valence-corrected chi connectivity index (χ0v) is 13.4. The van der Waals surface area contributed by atoms with E-state index in [4.69, 9.17) is 4.74 Å². The second-order valence-corrected chi connectivity index (χ2v) is 5.70. The van der Waals surface area contributed by atoms with Crippen molar-refractivity contribution < 1.29 is 18.3 Å². The standard InChI is InChI=1S/C17H12F2N2O2S/c1-23-12-5-2-10(3-6-12)17-21-15(9-24-17)16(22)20-14-8-11(18)4-7-13(14)19/h2-9H,1H3,(H,20,22). The minimum absolute atomic E-state index is 0.134. The Bertz CT molecular complexity index is 879. The Hall–Kier alpha value is -2.80. The Kier molecular flexibility index (Phi) is 4.52. The molecule has 0 saturated heterocycles. The molecule has 0 radical (unpaired) electrons. The fourth-order valence-electron chi connectivity index (χ4n) is 2.02. The number of amides is 1. The minimum atomic E-state index is -0.713. The Morgan fingerprint density at radius 2 is 1.92 bits per heavy atom. The number of carbonyl (C=O) groups is 1. The van der Waals surface area contributed by atoms with Crippen LogP contribution in [-0.2, 0) is 0 Å². The van der Waals surface area contributed by atoms with Gasteiger partial charge in [0.25, 0.3) is 5.91 Å². The van der Waals surface area contributed by atoms with Gasteiger partial charge in [0, 0.05) is 17.0 Å². The molecule has 7 heteroatoms. The molecule has 4 nitrogen and oxygen atoms in total. The number of carbonyl (C=O) groups excluding carboxylic acids is 1. The maximum absolute atomic E-state index is 13.6. The molecule has 0 spiro atoms. The Balaban J connectivity index is 1.79. The van der Waals surface area contributed by atoms with Gasteiger partial charge in [0.15, 0.2) is 0 Å². The van der Waals surface area contributed by atoms with E-state index in [9.17, 15) is 13.6 Å². The summed E-state index contributed by atoms with van der Waals surface area (Å²) < 4.78 is 31.8. The molecule has 0 fully saturated rings. The number of aromatic nitrogens is 1. The average molecular weight is 346 g/mol. The summed E-state index contributed by atoms with van der Waals surface area (Å²) >= 11 is 1.28. The van der Waals surface area contributed by atoms with Crippen LogP contribution in [0.25, 0.3) is 10.6 Å². The number of halogens is 2. The van der Waals surface area contributed by atoms with E-state index in [0.717, 1.165) is 29.5 Å². The van der Waals surface area contributed by atoms with E-state index in [1.54, 1.807) is 24.6 Å². The van der Waals surface area contributed by atoms with Crippen LogP contribution < -0.4 is 10.1 Å². The number of thiazole rings is 1. The van der Waals surface area contributed by atoms with Crippen LogP contribution in [-0.4, -0.2) is 18.0 Å². The first-order valence-corrected chi connectivity index (χ1v) is 7.81. The van der Waals surface area contributed by atoms with E-state index in [-0.39, 0.29) is 11.4 Å². The summed E-state index contributed by atoms with van der Waals surface area (Å²) in [4.78, 5) is 16.4. The van der Waals surface area contributed by atoms with Crippen molar-refractivity contribution in [3.63, 3.8) is 0 Å². The van der Waals surface area contributed by atoms with Gasteiger partial charge in [-0.2, -0.15) is 0 Å². The number of anilines is 1. The third-order valence-electron chi connectivity index (χ3n) is 3.25. The molecule has 0 bridgehead atoms. The molecule has 3 rings (SSSR count). The molecule has 0 atom stereocenters. The second-order valence-electron chi connectivity index (χ2n) is 4.84. The topological polar surface area (TPSA) is 51.2 Å². The third kappa shape index (κ3) is 3.41. The Morgan fingerprint density at radius 3 is 2.62 bits per heavy atom.